The molecule has 1 heterocycles. The standard InChI is InChI=1S/C14H22N2O2/c1-16(10-13-5-3-4-6-18-13)12-7-11(15)8-14(9-12)17-2/h7-9,13H,3-6,10,15H2,1-2H3. The minimum absolute atomic E-state index is 0.330. The number of hydrogen-bond acceptors (Lipinski definition) is 4. The molecule has 18 heavy (non-hydrogen) atoms. The van der Waals surface area contributed by atoms with Crippen LogP contribution in [0.15, 0.2) is 18.2 Å². The van der Waals surface area contributed by atoms with Crippen molar-refractivity contribution in [3.63, 3.8) is 0 Å². The first kappa shape index (κ1) is 13.0. The molecular weight excluding hydrogens is 228 g/mol. The predicted molar refractivity (Wildman–Crippen MR) is 74.3 cm³/mol. The number of anilines is 2. The molecule has 4 nitrogen and oxygen atoms in total. The predicted octanol–water partition coefficient (Wildman–Crippen LogP) is 2.28. The number of benzene rings is 1. The highest BCUT2D eigenvalue weighted by atomic mass is 16.5. The van der Waals surface area contributed by atoms with E-state index in [0.29, 0.717) is 6.10 Å². The van der Waals surface area contributed by atoms with Crippen LogP contribution in [0.4, 0.5) is 11.4 Å². The molecule has 0 amide bonds. The second-order valence-corrected chi connectivity index (χ2v) is 4.83. The van der Waals surface area contributed by atoms with E-state index < -0.39 is 0 Å². The van der Waals surface area contributed by atoms with Crippen molar-refractivity contribution >= 4 is 11.4 Å². The molecule has 1 unspecified atom stereocenters. The molecule has 2 rings (SSSR count). The molecule has 0 bridgehead atoms. The fraction of sp³-hybridized carbons (Fsp3) is 0.571. The topological polar surface area (TPSA) is 47.7 Å². The Hall–Kier alpha value is -1.42. The summed E-state index contributed by atoms with van der Waals surface area (Å²) < 4.78 is 11.0. The SMILES string of the molecule is COc1cc(N)cc(N(C)CC2CCCCO2)c1. The molecule has 1 atom stereocenters. The summed E-state index contributed by atoms with van der Waals surface area (Å²) >= 11 is 0. The number of hydrogen-bond donors (Lipinski definition) is 1. The number of nitrogen functional groups attached to an aromatic ring is 1. The van der Waals surface area contributed by atoms with Crippen LogP contribution in [-0.2, 0) is 4.74 Å². The number of nitrogens with two attached hydrogens (primary N) is 1. The first-order chi connectivity index (χ1) is 8.69. The molecule has 1 aliphatic heterocycles. The highest BCUT2D eigenvalue weighted by Gasteiger charge is 2.16. The van der Waals surface area contributed by atoms with Gasteiger partial charge in [-0.2, -0.15) is 0 Å². The van der Waals surface area contributed by atoms with E-state index in [-0.39, 0.29) is 0 Å². The number of ether oxygens (including phenoxy) is 2. The average Bonchev–Trinajstić information content (AvgIpc) is 2.39. The zero-order chi connectivity index (χ0) is 13.0. The van der Waals surface area contributed by atoms with Gasteiger partial charge in [0.15, 0.2) is 0 Å². The van der Waals surface area contributed by atoms with Crippen molar-refractivity contribution in [1.82, 2.24) is 0 Å². The largest absolute Gasteiger partial charge is 0.497 e. The molecule has 0 radical (unpaired) electrons. The summed E-state index contributed by atoms with van der Waals surface area (Å²) in [7, 11) is 3.72. The monoisotopic (exact) mass is 250 g/mol. The van der Waals surface area contributed by atoms with Crippen molar-refractivity contribution in [1.29, 1.82) is 0 Å². The Labute approximate surface area is 109 Å². The average molecular weight is 250 g/mol. The van der Waals surface area contributed by atoms with Crippen LogP contribution in [0.2, 0.25) is 0 Å². The number of likely N-dealkylation sites (N-methyl/N-ethyl adjacent to an activating group) is 1. The van der Waals surface area contributed by atoms with Gasteiger partial charge in [0.25, 0.3) is 0 Å². The van der Waals surface area contributed by atoms with E-state index in [4.69, 9.17) is 15.2 Å². The van der Waals surface area contributed by atoms with Gasteiger partial charge in [0.1, 0.15) is 5.75 Å². The smallest absolute Gasteiger partial charge is 0.122 e. The van der Waals surface area contributed by atoms with Crippen LogP contribution >= 0.6 is 0 Å². The first-order valence-corrected chi connectivity index (χ1v) is 6.46. The summed E-state index contributed by atoms with van der Waals surface area (Å²) in [5.74, 6) is 0.793. The van der Waals surface area contributed by atoms with E-state index in [1.807, 2.05) is 18.2 Å². The lowest BCUT2D eigenvalue weighted by atomic mass is 10.1. The third-order valence-electron chi connectivity index (χ3n) is 3.34. The molecule has 0 saturated carbocycles. The van der Waals surface area contributed by atoms with E-state index in [9.17, 15) is 0 Å². The summed E-state index contributed by atoms with van der Waals surface area (Å²) in [5.41, 5.74) is 7.66. The van der Waals surface area contributed by atoms with Crippen molar-refractivity contribution in [3.8, 4) is 5.75 Å². The Balaban J connectivity index is 2.02. The van der Waals surface area contributed by atoms with E-state index in [2.05, 4.69) is 11.9 Å². The van der Waals surface area contributed by atoms with Gasteiger partial charge in [0.2, 0.25) is 0 Å². The zero-order valence-corrected chi connectivity index (χ0v) is 11.2. The second kappa shape index (κ2) is 5.96. The summed E-state index contributed by atoms with van der Waals surface area (Å²) in [6.07, 6.45) is 3.92. The van der Waals surface area contributed by atoms with Crippen LogP contribution < -0.4 is 15.4 Å². The number of rotatable bonds is 4. The van der Waals surface area contributed by atoms with Crippen LogP contribution in [0.3, 0.4) is 0 Å². The van der Waals surface area contributed by atoms with Gasteiger partial charge < -0.3 is 20.1 Å². The fourth-order valence-corrected chi connectivity index (χ4v) is 2.31. The van der Waals surface area contributed by atoms with E-state index in [1.165, 1.54) is 12.8 Å². The van der Waals surface area contributed by atoms with E-state index >= 15 is 0 Å². The molecule has 0 aromatic heterocycles. The van der Waals surface area contributed by atoms with Crippen molar-refractivity contribution in [3.05, 3.63) is 18.2 Å². The fourth-order valence-electron chi connectivity index (χ4n) is 2.31. The summed E-state index contributed by atoms with van der Waals surface area (Å²) in [6.45, 7) is 1.78. The molecule has 4 heteroatoms. The van der Waals surface area contributed by atoms with E-state index in [0.717, 1.165) is 36.7 Å². The van der Waals surface area contributed by atoms with Gasteiger partial charge in [-0.15, -0.1) is 0 Å². The maximum atomic E-state index is 5.87. The lowest BCUT2D eigenvalue weighted by Gasteiger charge is -2.29. The normalized spacial score (nSPS) is 19.6. The molecule has 100 valence electrons. The van der Waals surface area contributed by atoms with Crippen molar-refractivity contribution in [2.45, 2.75) is 25.4 Å². The van der Waals surface area contributed by atoms with Gasteiger partial charge >= 0.3 is 0 Å². The Kier molecular flexibility index (Phi) is 4.31. The maximum absolute atomic E-state index is 5.87. The third kappa shape index (κ3) is 3.29. The van der Waals surface area contributed by atoms with Gasteiger partial charge in [0, 0.05) is 43.7 Å². The highest BCUT2D eigenvalue weighted by Crippen LogP contribution is 2.25. The molecule has 0 spiro atoms. The third-order valence-corrected chi connectivity index (χ3v) is 3.34. The number of methoxy groups -OCH3 is 1. The molecule has 1 aromatic rings. The highest BCUT2D eigenvalue weighted by molar-refractivity contribution is 5.60. The lowest BCUT2D eigenvalue weighted by Crippen LogP contribution is -2.33. The van der Waals surface area contributed by atoms with Crippen molar-refractivity contribution < 1.29 is 9.47 Å². The van der Waals surface area contributed by atoms with Crippen molar-refractivity contribution in [2.75, 3.05) is 37.9 Å². The van der Waals surface area contributed by atoms with Gasteiger partial charge in [-0.1, -0.05) is 0 Å². The van der Waals surface area contributed by atoms with Crippen LogP contribution in [0.25, 0.3) is 0 Å². The minimum Gasteiger partial charge on any atom is -0.497 e. The lowest BCUT2D eigenvalue weighted by molar-refractivity contribution is 0.0216. The first-order valence-electron chi connectivity index (χ1n) is 6.46. The Morgan fingerprint density at radius 1 is 1.39 bits per heavy atom. The Morgan fingerprint density at radius 2 is 2.22 bits per heavy atom. The summed E-state index contributed by atoms with van der Waals surface area (Å²) in [6, 6.07) is 5.79. The molecule has 0 aliphatic carbocycles. The summed E-state index contributed by atoms with van der Waals surface area (Å²) in [5, 5.41) is 0. The molecule has 1 fully saturated rings. The second-order valence-electron chi connectivity index (χ2n) is 4.83. The van der Waals surface area contributed by atoms with Crippen molar-refractivity contribution in [2.24, 2.45) is 0 Å². The Morgan fingerprint density at radius 3 is 2.89 bits per heavy atom. The van der Waals surface area contributed by atoms with E-state index in [1.54, 1.807) is 7.11 Å². The zero-order valence-electron chi connectivity index (χ0n) is 11.2. The number of nitrogens with zero attached hydrogens (tertiary/aromatic N) is 1. The molecule has 1 saturated heterocycles. The van der Waals surface area contributed by atoms with Gasteiger partial charge in [0.05, 0.1) is 13.2 Å². The van der Waals surface area contributed by atoms with Crippen LogP contribution in [0, 0.1) is 0 Å². The maximum Gasteiger partial charge on any atom is 0.122 e. The van der Waals surface area contributed by atoms with Crippen LogP contribution in [0.1, 0.15) is 19.3 Å². The summed E-state index contributed by atoms with van der Waals surface area (Å²) in [4.78, 5) is 2.18. The van der Waals surface area contributed by atoms with Gasteiger partial charge in [-0.25, -0.2) is 0 Å². The molecular formula is C14H22N2O2. The minimum atomic E-state index is 0.330. The molecule has 1 aliphatic rings. The quantitative estimate of drug-likeness (QED) is 0.833. The Bertz CT molecular complexity index is 389. The molecule has 1 aromatic carbocycles. The van der Waals surface area contributed by atoms with Crippen LogP contribution in [-0.4, -0.2) is 33.4 Å². The van der Waals surface area contributed by atoms with Gasteiger partial charge in [-0.3, -0.25) is 0 Å². The molecule has 2 N–H and O–H groups in total. The van der Waals surface area contributed by atoms with Crippen LogP contribution in [0.5, 0.6) is 5.75 Å². The van der Waals surface area contributed by atoms with Gasteiger partial charge in [-0.05, 0) is 25.3 Å².